The number of H-pyrrole nitrogens is 1. The Hall–Kier alpha value is -2.67. The minimum atomic E-state index is -0.442. The summed E-state index contributed by atoms with van der Waals surface area (Å²) < 4.78 is 0. The highest BCUT2D eigenvalue weighted by Gasteiger charge is 2.19. The molecular weight excluding hydrogens is 224 g/mol. The quantitative estimate of drug-likeness (QED) is 0.741. The molecule has 0 fully saturated rings. The van der Waals surface area contributed by atoms with E-state index in [1.807, 2.05) is 30.5 Å². The fraction of sp³-hybridized carbons (Fsp3) is 0.0714. The number of nitriles is 1. The predicted molar refractivity (Wildman–Crippen MR) is 67.8 cm³/mol. The zero-order chi connectivity index (χ0) is 12.4. The van der Waals surface area contributed by atoms with Gasteiger partial charge in [-0.2, -0.15) is 5.26 Å². The van der Waals surface area contributed by atoms with E-state index in [4.69, 9.17) is 0 Å². The smallest absolute Gasteiger partial charge is 0.149 e. The maximum atomic E-state index is 9.37. The first-order valence-electron chi connectivity index (χ1n) is 5.62. The Morgan fingerprint density at radius 2 is 1.89 bits per heavy atom. The molecular formula is C14H10N4. The molecule has 0 bridgehead atoms. The highest BCUT2D eigenvalue weighted by Crippen LogP contribution is 2.28. The average Bonchev–Trinajstić information content (AvgIpc) is 2.85. The van der Waals surface area contributed by atoms with Gasteiger partial charge in [-0.1, -0.05) is 18.2 Å². The summed E-state index contributed by atoms with van der Waals surface area (Å²) in [7, 11) is 0. The molecule has 1 N–H and O–H groups in total. The summed E-state index contributed by atoms with van der Waals surface area (Å²) in [5, 5.41) is 10.4. The van der Waals surface area contributed by atoms with Crippen LogP contribution in [0.25, 0.3) is 10.9 Å². The molecule has 3 aromatic rings. The van der Waals surface area contributed by atoms with Crippen LogP contribution < -0.4 is 0 Å². The van der Waals surface area contributed by atoms with Gasteiger partial charge >= 0.3 is 0 Å². The van der Waals surface area contributed by atoms with Crippen LogP contribution in [0.5, 0.6) is 0 Å². The Morgan fingerprint density at radius 1 is 1.11 bits per heavy atom. The van der Waals surface area contributed by atoms with Crippen molar-refractivity contribution in [3.8, 4) is 6.07 Å². The average molecular weight is 234 g/mol. The van der Waals surface area contributed by atoms with Gasteiger partial charge in [0.05, 0.1) is 6.07 Å². The third kappa shape index (κ3) is 1.62. The van der Waals surface area contributed by atoms with Crippen molar-refractivity contribution in [1.29, 1.82) is 5.26 Å². The van der Waals surface area contributed by atoms with Gasteiger partial charge < -0.3 is 4.98 Å². The van der Waals surface area contributed by atoms with Gasteiger partial charge in [-0.05, 0) is 12.1 Å². The van der Waals surface area contributed by atoms with Gasteiger partial charge in [0, 0.05) is 35.1 Å². The van der Waals surface area contributed by atoms with Crippen LogP contribution in [-0.4, -0.2) is 15.0 Å². The van der Waals surface area contributed by atoms with Crippen LogP contribution in [-0.2, 0) is 0 Å². The molecule has 4 heteroatoms. The van der Waals surface area contributed by atoms with E-state index >= 15 is 0 Å². The molecule has 3 rings (SSSR count). The fourth-order valence-corrected chi connectivity index (χ4v) is 2.06. The lowest BCUT2D eigenvalue weighted by atomic mass is 9.99. The lowest BCUT2D eigenvalue weighted by Gasteiger charge is -2.05. The second kappa shape index (κ2) is 4.30. The maximum Gasteiger partial charge on any atom is 0.149 e. The van der Waals surface area contributed by atoms with E-state index in [0.29, 0.717) is 5.82 Å². The molecule has 4 nitrogen and oxygen atoms in total. The maximum absolute atomic E-state index is 9.37. The van der Waals surface area contributed by atoms with Crippen molar-refractivity contribution in [2.45, 2.75) is 5.92 Å². The van der Waals surface area contributed by atoms with Gasteiger partial charge in [0.25, 0.3) is 0 Å². The first-order chi connectivity index (χ1) is 8.90. The van der Waals surface area contributed by atoms with Crippen molar-refractivity contribution in [2.75, 3.05) is 0 Å². The Labute approximate surface area is 104 Å². The van der Waals surface area contributed by atoms with Crippen LogP contribution in [0.2, 0.25) is 0 Å². The molecule has 0 spiro atoms. The molecule has 1 aromatic carbocycles. The van der Waals surface area contributed by atoms with Gasteiger partial charge in [-0.3, -0.25) is 0 Å². The molecule has 0 aliphatic heterocycles. The molecule has 2 aromatic heterocycles. The van der Waals surface area contributed by atoms with Gasteiger partial charge in [0.1, 0.15) is 11.7 Å². The second-order valence-electron chi connectivity index (χ2n) is 3.96. The van der Waals surface area contributed by atoms with E-state index in [9.17, 15) is 5.26 Å². The van der Waals surface area contributed by atoms with Crippen molar-refractivity contribution in [2.24, 2.45) is 0 Å². The van der Waals surface area contributed by atoms with Crippen molar-refractivity contribution >= 4 is 10.9 Å². The van der Waals surface area contributed by atoms with Crippen LogP contribution in [0, 0.1) is 11.3 Å². The molecule has 0 amide bonds. The number of hydrogen-bond acceptors (Lipinski definition) is 3. The largest absolute Gasteiger partial charge is 0.361 e. The summed E-state index contributed by atoms with van der Waals surface area (Å²) in [5.74, 6) is 0.0899. The number of aromatic amines is 1. The van der Waals surface area contributed by atoms with Crippen LogP contribution in [0.15, 0.2) is 48.9 Å². The predicted octanol–water partition coefficient (Wildman–Crippen LogP) is 2.61. The minimum Gasteiger partial charge on any atom is -0.361 e. The summed E-state index contributed by atoms with van der Waals surface area (Å²) in [5.41, 5.74) is 1.93. The number of hydrogen-bond donors (Lipinski definition) is 1. The second-order valence-corrected chi connectivity index (χ2v) is 3.96. The third-order valence-corrected chi connectivity index (χ3v) is 2.91. The standard InChI is InChI=1S/C14H10N4/c15-8-11(14-16-6-3-7-17-14)12-9-18-13-5-2-1-4-10(12)13/h1-7,9,11,18H. The molecule has 0 radical (unpaired) electrons. The van der Waals surface area contributed by atoms with Crippen LogP contribution >= 0.6 is 0 Å². The highest BCUT2D eigenvalue weighted by molar-refractivity contribution is 5.84. The first kappa shape index (κ1) is 10.5. The zero-order valence-electron chi connectivity index (χ0n) is 9.54. The number of aromatic nitrogens is 3. The molecule has 0 saturated carbocycles. The highest BCUT2D eigenvalue weighted by atomic mass is 14.9. The first-order valence-corrected chi connectivity index (χ1v) is 5.62. The Balaban J connectivity index is 2.16. The molecule has 0 aliphatic rings. The number of rotatable bonds is 2. The van der Waals surface area contributed by atoms with E-state index in [0.717, 1.165) is 16.5 Å². The van der Waals surface area contributed by atoms with E-state index in [1.54, 1.807) is 18.5 Å². The van der Waals surface area contributed by atoms with E-state index in [2.05, 4.69) is 21.0 Å². The summed E-state index contributed by atoms with van der Waals surface area (Å²) in [6, 6.07) is 11.9. The van der Waals surface area contributed by atoms with Crippen LogP contribution in [0.4, 0.5) is 0 Å². The summed E-state index contributed by atoms with van der Waals surface area (Å²) in [6.07, 6.45) is 5.16. The molecule has 0 aliphatic carbocycles. The van der Waals surface area contributed by atoms with Crippen molar-refractivity contribution in [3.05, 3.63) is 60.3 Å². The molecule has 1 atom stereocenters. The normalized spacial score (nSPS) is 12.2. The molecule has 2 heterocycles. The summed E-state index contributed by atoms with van der Waals surface area (Å²) >= 11 is 0. The summed E-state index contributed by atoms with van der Waals surface area (Å²) in [6.45, 7) is 0. The number of para-hydroxylation sites is 1. The Morgan fingerprint density at radius 3 is 2.67 bits per heavy atom. The minimum absolute atomic E-state index is 0.442. The monoisotopic (exact) mass is 234 g/mol. The van der Waals surface area contributed by atoms with E-state index < -0.39 is 5.92 Å². The van der Waals surface area contributed by atoms with Crippen LogP contribution in [0.3, 0.4) is 0 Å². The molecule has 1 unspecified atom stereocenters. The van der Waals surface area contributed by atoms with Crippen molar-refractivity contribution in [1.82, 2.24) is 15.0 Å². The number of benzene rings is 1. The number of nitrogens with zero attached hydrogens (tertiary/aromatic N) is 3. The SMILES string of the molecule is N#CC(c1ncccn1)c1c[nH]c2ccccc12. The molecule has 86 valence electrons. The Bertz CT molecular complexity index is 709. The number of fused-ring (bicyclic) bond motifs is 1. The number of nitrogens with one attached hydrogen (secondary N) is 1. The topological polar surface area (TPSA) is 65.4 Å². The van der Waals surface area contributed by atoms with Gasteiger partial charge in [0.2, 0.25) is 0 Å². The third-order valence-electron chi connectivity index (χ3n) is 2.91. The van der Waals surface area contributed by atoms with Crippen molar-refractivity contribution < 1.29 is 0 Å². The zero-order valence-corrected chi connectivity index (χ0v) is 9.54. The lowest BCUT2D eigenvalue weighted by molar-refractivity contribution is 0.896. The fourth-order valence-electron chi connectivity index (χ4n) is 2.06. The van der Waals surface area contributed by atoms with Gasteiger partial charge in [-0.25, -0.2) is 9.97 Å². The van der Waals surface area contributed by atoms with Gasteiger partial charge in [-0.15, -0.1) is 0 Å². The van der Waals surface area contributed by atoms with Crippen LogP contribution in [0.1, 0.15) is 17.3 Å². The Kier molecular flexibility index (Phi) is 2.50. The van der Waals surface area contributed by atoms with E-state index in [-0.39, 0.29) is 0 Å². The molecule has 0 saturated heterocycles. The van der Waals surface area contributed by atoms with Gasteiger partial charge in [0.15, 0.2) is 0 Å². The lowest BCUT2D eigenvalue weighted by Crippen LogP contribution is -2.02. The van der Waals surface area contributed by atoms with Crippen molar-refractivity contribution in [3.63, 3.8) is 0 Å². The van der Waals surface area contributed by atoms with E-state index in [1.165, 1.54) is 0 Å². The summed E-state index contributed by atoms with van der Waals surface area (Å²) in [4.78, 5) is 11.5. The molecule has 18 heavy (non-hydrogen) atoms.